The molecule has 1 aromatic heterocycles. The molecular formula is C26H25NO6. The van der Waals surface area contributed by atoms with Crippen LogP contribution in [0.5, 0.6) is 11.5 Å². The number of carbonyl (C=O) groups is 2. The van der Waals surface area contributed by atoms with Gasteiger partial charge in [0, 0.05) is 5.56 Å². The predicted octanol–water partition coefficient (Wildman–Crippen LogP) is 4.70. The van der Waals surface area contributed by atoms with E-state index < -0.39 is 17.7 Å². The van der Waals surface area contributed by atoms with Gasteiger partial charge in [-0.3, -0.25) is 9.59 Å². The minimum atomic E-state index is -0.780. The molecule has 3 aromatic rings. The summed E-state index contributed by atoms with van der Waals surface area (Å²) >= 11 is 0. The van der Waals surface area contributed by atoms with E-state index in [0.29, 0.717) is 35.0 Å². The SMILES string of the molecule is CCCOc1ccc(C2C(=C(O)c3ccc(OC)cc3)C(=O)C(=O)N2Cc2ccco2)cc1. The normalized spacial score (nSPS) is 17.4. The molecule has 0 radical (unpaired) electrons. The lowest BCUT2D eigenvalue weighted by atomic mass is 9.95. The number of nitrogens with zero attached hydrogens (tertiary/aromatic N) is 1. The number of carbonyl (C=O) groups excluding carboxylic acids is 2. The van der Waals surface area contributed by atoms with Crippen LogP contribution in [0.2, 0.25) is 0 Å². The molecule has 1 fully saturated rings. The Kier molecular flexibility index (Phi) is 6.49. The number of likely N-dealkylation sites (tertiary alicyclic amines) is 1. The van der Waals surface area contributed by atoms with Crippen LogP contribution in [0.3, 0.4) is 0 Å². The number of ether oxygens (including phenoxy) is 2. The average Bonchev–Trinajstić information content (AvgIpc) is 3.45. The van der Waals surface area contributed by atoms with Gasteiger partial charge in [0.1, 0.15) is 23.0 Å². The molecule has 1 unspecified atom stereocenters. The molecule has 4 rings (SSSR count). The molecule has 1 atom stereocenters. The molecule has 1 N–H and O–H groups in total. The molecule has 1 aliphatic heterocycles. The van der Waals surface area contributed by atoms with Gasteiger partial charge in [-0.1, -0.05) is 19.1 Å². The van der Waals surface area contributed by atoms with Crippen LogP contribution in [0.1, 0.15) is 36.3 Å². The van der Waals surface area contributed by atoms with Gasteiger partial charge in [-0.25, -0.2) is 0 Å². The lowest BCUT2D eigenvalue weighted by Gasteiger charge is -2.24. The second-order valence-electron chi connectivity index (χ2n) is 7.65. The van der Waals surface area contributed by atoms with Crippen LogP contribution in [0.4, 0.5) is 0 Å². The summed E-state index contributed by atoms with van der Waals surface area (Å²) in [5, 5.41) is 11.1. The number of hydrogen-bond acceptors (Lipinski definition) is 6. The van der Waals surface area contributed by atoms with Gasteiger partial charge in [-0.2, -0.15) is 0 Å². The van der Waals surface area contributed by atoms with Crippen molar-refractivity contribution in [3.05, 3.63) is 89.4 Å². The molecule has 0 spiro atoms. The fourth-order valence-corrected chi connectivity index (χ4v) is 3.83. The number of methoxy groups -OCH3 is 1. The molecule has 1 amide bonds. The summed E-state index contributed by atoms with van der Waals surface area (Å²) in [5.74, 6) is 0.162. The maximum absolute atomic E-state index is 13.1. The standard InChI is InChI=1S/C26H25NO6/c1-3-14-32-20-12-6-17(7-13-20)23-22(24(28)18-8-10-19(31-2)11-9-18)25(29)26(30)27(23)16-21-5-4-15-33-21/h4-13,15,23,28H,3,14,16H2,1-2H3. The van der Waals surface area contributed by atoms with Crippen molar-refractivity contribution in [1.29, 1.82) is 0 Å². The van der Waals surface area contributed by atoms with Crippen LogP contribution < -0.4 is 9.47 Å². The maximum atomic E-state index is 13.1. The molecular weight excluding hydrogens is 422 g/mol. The summed E-state index contributed by atoms with van der Waals surface area (Å²) in [4.78, 5) is 27.5. The van der Waals surface area contributed by atoms with Crippen LogP contribution in [0.15, 0.2) is 76.9 Å². The first kappa shape index (κ1) is 22.2. The fourth-order valence-electron chi connectivity index (χ4n) is 3.83. The Morgan fingerprint density at radius 2 is 1.73 bits per heavy atom. The van der Waals surface area contributed by atoms with Crippen LogP contribution in [0.25, 0.3) is 5.76 Å². The number of aliphatic hydroxyl groups excluding tert-OH is 1. The number of amides is 1. The highest BCUT2D eigenvalue weighted by molar-refractivity contribution is 6.46. The van der Waals surface area contributed by atoms with Gasteiger partial charge in [0.05, 0.1) is 38.1 Å². The molecule has 1 aliphatic rings. The molecule has 0 saturated carbocycles. The van der Waals surface area contributed by atoms with Gasteiger partial charge >= 0.3 is 0 Å². The molecule has 170 valence electrons. The van der Waals surface area contributed by atoms with Crippen LogP contribution in [-0.4, -0.2) is 35.4 Å². The second-order valence-corrected chi connectivity index (χ2v) is 7.65. The van der Waals surface area contributed by atoms with Crippen molar-refractivity contribution in [2.45, 2.75) is 25.9 Å². The fraction of sp³-hybridized carbons (Fsp3) is 0.231. The molecule has 7 nitrogen and oxygen atoms in total. The monoisotopic (exact) mass is 447 g/mol. The Labute approximate surface area is 191 Å². The van der Waals surface area contributed by atoms with Gasteiger partial charge < -0.3 is 23.9 Å². The summed E-state index contributed by atoms with van der Waals surface area (Å²) in [5.41, 5.74) is 1.12. The zero-order chi connectivity index (χ0) is 23.4. The van der Waals surface area contributed by atoms with E-state index in [-0.39, 0.29) is 17.9 Å². The zero-order valence-electron chi connectivity index (χ0n) is 18.5. The van der Waals surface area contributed by atoms with Gasteiger partial charge in [-0.15, -0.1) is 0 Å². The van der Waals surface area contributed by atoms with E-state index in [1.54, 1.807) is 67.8 Å². The van der Waals surface area contributed by atoms with E-state index in [9.17, 15) is 14.7 Å². The average molecular weight is 447 g/mol. The van der Waals surface area contributed by atoms with Crippen LogP contribution in [0, 0.1) is 0 Å². The van der Waals surface area contributed by atoms with Gasteiger partial charge in [-0.05, 0) is 60.5 Å². The van der Waals surface area contributed by atoms with Crippen LogP contribution in [-0.2, 0) is 16.1 Å². The van der Waals surface area contributed by atoms with E-state index in [1.165, 1.54) is 11.2 Å². The Hall–Kier alpha value is -4.00. The predicted molar refractivity (Wildman–Crippen MR) is 122 cm³/mol. The number of aliphatic hydroxyl groups is 1. The van der Waals surface area contributed by atoms with E-state index >= 15 is 0 Å². The Morgan fingerprint density at radius 1 is 1.03 bits per heavy atom. The number of ketones is 1. The number of rotatable bonds is 8. The molecule has 0 bridgehead atoms. The highest BCUT2D eigenvalue weighted by Crippen LogP contribution is 2.40. The summed E-state index contributed by atoms with van der Waals surface area (Å²) in [6.07, 6.45) is 2.39. The minimum Gasteiger partial charge on any atom is -0.507 e. The molecule has 1 saturated heterocycles. The lowest BCUT2D eigenvalue weighted by Crippen LogP contribution is -2.29. The van der Waals surface area contributed by atoms with Crippen molar-refractivity contribution >= 4 is 17.4 Å². The summed E-state index contributed by atoms with van der Waals surface area (Å²) in [7, 11) is 1.54. The van der Waals surface area contributed by atoms with E-state index in [1.807, 2.05) is 6.92 Å². The highest BCUT2D eigenvalue weighted by atomic mass is 16.5. The first-order valence-electron chi connectivity index (χ1n) is 10.7. The molecule has 2 heterocycles. The van der Waals surface area contributed by atoms with Crippen molar-refractivity contribution in [2.24, 2.45) is 0 Å². The highest BCUT2D eigenvalue weighted by Gasteiger charge is 2.46. The zero-order valence-corrected chi connectivity index (χ0v) is 18.5. The van der Waals surface area contributed by atoms with Crippen molar-refractivity contribution in [3.63, 3.8) is 0 Å². The minimum absolute atomic E-state index is 0.0268. The van der Waals surface area contributed by atoms with Crippen molar-refractivity contribution in [2.75, 3.05) is 13.7 Å². The Bertz CT molecular complexity index is 1150. The quantitative estimate of drug-likeness (QED) is 0.306. The molecule has 7 heteroatoms. The van der Waals surface area contributed by atoms with E-state index in [2.05, 4.69) is 0 Å². The summed E-state index contributed by atoms with van der Waals surface area (Å²) < 4.78 is 16.2. The van der Waals surface area contributed by atoms with Gasteiger partial charge in [0.25, 0.3) is 11.7 Å². The number of benzene rings is 2. The largest absolute Gasteiger partial charge is 0.507 e. The third-order valence-electron chi connectivity index (χ3n) is 5.48. The number of furan rings is 1. The Balaban J connectivity index is 1.78. The smallest absolute Gasteiger partial charge is 0.296 e. The number of Topliss-reactive ketones (excluding diaryl/α,β-unsaturated/α-hetero) is 1. The lowest BCUT2D eigenvalue weighted by molar-refractivity contribution is -0.140. The third-order valence-corrected chi connectivity index (χ3v) is 5.48. The van der Waals surface area contributed by atoms with Crippen LogP contribution >= 0.6 is 0 Å². The van der Waals surface area contributed by atoms with E-state index in [4.69, 9.17) is 13.9 Å². The first-order valence-corrected chi connectivity index (χ1v) is 10.7. The molecule has 33 heavy (non-hydrogen) atoms. The summed E-state index contributed by atoms with van der Waals surface area (Å²) in [6, 6.07) is 16.5. The topological polar surface area (TPSA) is 89.2 Å². The molecule has 2 aromatic carbocycles. The third kappa shape index (κ3) is 4.48. The maximum Gasteiger partial charge on any atom is 0.296 e. The Morgan fingerprint density at radius 3 is 2.33 bits per heavy atom. The van der Waals surface area contributed by atoms with Gasteiger partial charge in [0.2, 0.25) is 0 Å². The van der Waals surface area contributed by atoms with Gasteiger partial charge in [0.15, 0.2) is 0 Å². The second kappa shape index (κ2) is 9.65. The van der Waals surface area contributed by atoms with Crippen molar-refractivity contribution in [1.82, 2.24) is 4.90 Å². The summed E-state index contributed by atoms with van der Waals surface area (Å²) in [6.45, 7) is 2.71. The number of hydrogen-bond donors (Lipinski definition) is 1. The van der Waals surface area contributed by atoms with E-state index in [0.717, 1.165) is 6.42 Å². The van der Waals surface area contributed by atoms with Crippen molar-refractivity contribution in [3.8, 4) is 11.5 Å². The first-order chi connectivity index (χ1) is 16.0. The van der Waals surface area contributed by atoms with Crippen molar-refractivity contribution < 1.29 is 28.6 Å². The molecule has 0 aliphatic carbocycles.